The van der Waals surface area contributed by atoms with Gasteiger partial charge in [0.15, 0.2) is 0 Å². The van der Waals surface area contributed by atoms with Gasteiger partial charge in [0.25, 0.3) is 0 Å². The van der Waals surface area contributed by atoms with Crippen LogP contribution >= 0.6 is 0 Å². The summed E-state index contributed by atoms with van der Waals surface area (Å²) in [6.07, 6.45) is 4.91. The van der Waals surface area contributed by atoms with Gasteiger partial charge in [0.2, 0.25) is 0 Å². The maximum atomic E-state index is 10.3. The fourth-order valence-electron chi connectivity index (χ4n) is 2.46. The summed E-state index contributed by atoms with van der Waals surface area (Å²) in [6.45, 7) is 2.08. The third kappa shape index (κ3) is 2.97. The third-order valence-corrected chi connectivity index (χ3v) is 3.71. The molecule has 1 N–H and O–H groups in total. The maximum absolute atomic E-state index is 10.3. The standard InChI is InChI=1S/C20H18O/c1-15-9-11-16(12-10-15)5-4-7-18-14-13-17-6-2-3-8-19(17)20(18)21/h2-6,8-14,21H,7H2,1H3/b5-4+. The zero-order valence-electron chi connectivity index (χ0n) is 12.1. The summed E-state index contributed by atoms with van der Waals surface area (Å²) in [5, 5.41) is 12.3. The Morgan fingerprint density at radius 3 is 2.48 bits per heavy atom. The Bertz CT molecular complexity index is 783. The summed E-state index contributed by atoms with van der Waals surface area (Å²) >= 11 is 0. The van der Waals surface area contributed by atoms with Gasteiger partial charge in [-0.15, -0.1) is 0 Å². The second-order valence-corrected chi connectivity index (χ2v) is 5.31. The summed E-state index contributed by atoms with van der Waals surface area (Å²) in [7, 11) is 0. The van der Waals surface area contributed by atoms with Crippen LogP contribution in [0.3, 0.4) is 0 Å². The highest BCUT2D eigenvalue weighted by Crippen LogP contribution is 2.29. The zero-order valence-corrected chi connectivity index (χ0v) is 12.1. The summed E-state index contributed by atoms with van der Waals surface area (Å²) < 4.78 is 0. The van der Waals surface area contributed by atoms with Crippen molar-refractivity contribution in [2.45, 2.75) is 13.3 Å². The quantitative estimate of drug-likeness (QED) is 0.703. The molecule has 0 saturated heterocycles. The van der Waals surface area contributed by atoms with Crippen molar-refractivity contribution in [2.75, 3.05) is 0 Å². The van der Waals surface area contributed by atoms with Gasteiger partial charge in [-0.25, -0.2) is 0 Å². The van der Waals surface area contributed by atoms with Gasteiger partial charge in [-0.05, 0) is 29.9 Å². The fourth-order valence-corrected chi connectivity index (χ4v) is 2.46. The first-order valence-corrected chi connectivity index (χ1v) is 7.17. The second-order valence-electron chi connectivity index (χ2n) is 5.31. The van der Waals surface area contributed by atoms with Crippen LogP contribution in [0.5, 0.6) is 5.75 Å². The normalized spacial score (nSPS) is 11.3. The topological polar surface area (TPSA) is 20.2 Å². The molecule has 0 aromatic heterocycles. The summed E-state index contributed by atoms with van der Waals surface area (Å²) in [5.41, 5.74) is 3.40. The van der Waals surface area contributed by atoms with E-state index in [-0.39, 0.29) is 0 Å². The minimum atomic E-state index is 0.390. The van der Waals surface area contributed by atoms with Gasteiger partial charge in [0.1, 0.15) is 5.75 Å². The molecular weight excluding hydrogens is 256 g/mol. The lowest BCUT2D eigenvalue weighted by atomic mass is 10.0. The number of benzene rings is 3. The average Bonchev–Trinajstić information content (AvgIpc) is 2.52. The van der Waals surface area contributed by atoms with Crippen LogP contribution < -0.4 is 0 Å². The van der Waals surface area contributed by atoms with Crippen molar-refractivity contribution in [3.8, 4) is 5.75 Å². The highest BCUT2D eigenvalue weighted by Gasteiger charge is 2.04. The first-order valence-electron chi connectivity index (χ1n) is 7.17. The molecule has 0 atom stereocenters. The van der Waals surface area contributed by atoms with Crippen LogP contribution in [0.2, 0.25) is 0 Å². The van der Waals surface area contributed by atoms with E-state index in [1.807, 2.05) is 30.3 Å². The SMILES string of the molecule is Cc1ccc(/C=C/Cc2ccc3ccccc3c2O)cc1. The number of phenolic OH excluding ortho intramolecular Hbond substituents is 1. The number of phenols is 1. The van der Waals surface area contributed by atoms with Crippen LogP contribution in [0, 0.1) is 6.92 Å². The Labute approximate surface area is 125 Å². The number of hydrogen-bond donors (Lipinski definition) is 1. The molecule has 0 aliphatic rings. The van der Waals surface area contributed by atoms with E-state index in [2.05, 4.69) is 49.4 Å². The molecule has 3 aromatic rings. The summed E-state index contributed by atoms with van der Waals surface area (Å²) in [6, 6.07) is 20.4. The van der Waals surface area contributed by atoms with Crippen LogP contribution in [0.1, 0.15) is 16.7 Å². The second kappa shape index (κ2) is 5.84. The van der Waals surface area contributed by atoms with E-state index in [0.29, 0.717) is 5.75 Å². The average molecular weight is 274 g/mol. The smallest absolute Gasteiger partial charge is 0.126 e. The molecule has 3 aromatic carbocycles. The maximum Gasteiger partial charge on any atom is 0.126 e. The lowest BCUT2D eigenvalue weighted by Gasteiger charge is -2.06. The lowest BCUT2D eigenvalue weighted by molar-refractivity contribution is 0.476. The van der Waals surface area contributed by atoms with Gasteiger partial charge in [-0.2, -0.15) is 0 Å². The van der Waals surface area contributed by atoms with Gasteiger partial charge < -0.3 is 5.11 Å². The van der Waals surface area contributed by atoms with E-state index in [1.165, 1.54) is 11.1 Å². The predicted octanol–water partition coefficient (Wildman–Crippen LogP) is 5.11. The highest BCUT2D eigenvalue weighted by atomic mass is 16.3. The van der Waals surface area contributed by atoms with Crippen LogP contribution in [0.4, 0.5) is 0 Å². The Morgan fingerprint density at radius 1 is 0.905 bits per heavy atom. The third-order valence-electron chi connectivity index (χ3n) is 3.71. The minimum Gasteiger partial charge on any atom is -0.507 e. The summed E-state index contributed by atoms with van der Waals surface area (Å²) in [4.78, 5) is 0. The van der Waals surface area contributed by atoms with Crippen molar-refractivity contribution >= 4 is 16.8 Å². The molecule has 21 heavy (non-hydrogen) atoms. The Morgan fingerprint density at radius 2 is 1.67 bits per heavy atom. The van der Waals surface area contributed by atoms with Gasteiger partial charge in [-0.3, -0.25) is 0 Å². The van der Waals surface area contributed by atoms with E-state index in [1.54, 1.807) is 0 Å². The predicted molar refractivity (Wildman–Crippen MR) is 89.5 cm³/mol. The monoisotopic (exact) mass is 274 g/mol. The molecule has 104 valence electrons. The van der Waals surface area contributed by atoms with Crippen LogP contribution in [0.15, 0.2) is 66.7 Å². The molecule has 0 spiro atoms. The largest absolute Gasteiger partial charge is 0.507 e. The Balaban J connectivity index is 1.82. The van der Waals surface area contributed by atoms with Crippen molar-refractivity contribution in [1.82, 2.24) is 0 Å². The molecular formula is C20H18O. The summed E-state index contributed by atoms with van der Waals surface area (Å²) in [5.74, 6) is 0.390. The van der Waals surface area contributed by atoms with Gasteiger partial charge in [-0.1, -0.05) is 78.4 Å². The molecule has 0 heterocycles. The molecule has 1 nitrogen and oxygen atoms in total. The van der Waals surface area contributed by atoms with Crippen molar-refractivity contribution in [3.63, 3.8) is 0 Å². The van der Waals surface area contributed by atoms with E-state index >= 15 is 0 Å². The number of aryl methyl sites for hydroxylation is 1. The minimum absolute atomic E-state index is 0.390. The van der Waals surface area contributed by atoms with Crippen molar-refractivity contribution < 1.29 is 5.11 Å². The van der Waals surface area contributed by atoms with Crippen LogP contribution in [0.25, 0.3) is 16.8 Å². The molecule has 0 aliphatic heterocycles. The molecule has 0 saturated carbocycles. The van der Waals surface area contributed by atoms with Crippen LogP contribution in [-0.2, 0) is 6.42 Å². The molecule has 0 aliphatic carbocycles. The highest BCUT2D eigenvalue weighted by molar-refractivity contribution is 5.89. The molecule has 0 amide bonds. The van der Waals surface area contributed by atoms with E-state index < -0.39 is 0 Å². The van der Waals surface area contributed by atoms with E-state index in [9.17, 15) is 5.11 Å². The molecule has 0 unspecified atom stereocenters. The first kappa shape index (κ1) is 13.4. The molecule has 0 fully saturated rings. The van der Waals surface area contributed by atoms with Gasteiger partial charge >= 0.3 is 0 Å². The Kier molecular flexibility index (Phi) is 3.74. The van der Waals surface area contributed by atoms with Crippen molar-refractivity contribution in [1.29, 1.82) is 0 Å². The lowest BCUT2D eigenvalue weighted by Crippen LogP contribution is -1.84. The molecule has 0 bridgehead atoms. The molecule has 0 radical (unpaired) electrons. The van der Waals surface area contributed by atoms with Gasteiger partial charge in [0.05, 0.1) is 0 Å². The number of fused-ring (bicyclic) bond motifs is 1. The van der Waals surface area contributed by atoms with Crippen LogP contribution in [-0.4, -0.2) is 5.11 Å². The number of hydrogen-bond acceptors (Lipinski definition) is 1. The number of rotatable bonds is 3. The Hall–Kier alpha value is -2.54. The molecule has 3 rings (SSSR count). The first-order chi connectivity index (χ1) is 10.2. The zero-order chi connectivity index (χ0) is 14.7. The van der Waals surface area contributed by atoms with E-state index in [0.717, 1.165) is 22.8 Å². The van der Waals surface area contributed by atoms with Crippen molar-refractivity contribution in [3.05, 3.63) is 83.4 Å². The van der Waals surface area contributed by atoms with Gasteiger partial charge in [0, 0.05) is 5.39 Å². The van der Waals surface area contributed by atoms with E-state index in [4.69, 9.17) is 0 Å². The number of allylic oxidation sites excluding steroid dienone is 1. The molecule has 1 heteroatoms. The fraction of sp³-hybridized carbons (Fsp3) is 0.100. The van der Waals surface area contributed by atoms with Crippen molar-refractivity contribution in [2.24, 2.45) is 0 Å². The number of aromatic hydroxyl groups is 1.